The van der Waals surface area contributed by atoms with Crippen molar-refractivity contribution >= 4 is 12.2 Å². The maximum atomic E-state index is 12.6. The van der Waals surface area contributed by atoms with Gasteiger partial charge in [0.25, 0.3) is 5.56 Å². The Kier molecular flexibility index (Phi) is 5.48. The average Bonchev–Trinajstić information content (AvgIpc) is 2.71. The lowest BCUT2D eigenvalue weighted by Gasteiger charge is -2.33. The Morgan fingerprint density at radius 2 is 1.96 bits per heavy atom. The van der Waals surface area contributed by atoms with Crippen LogP contribution in [0, 0.1) is 16.6 Å². The van der Waals surface area contributed by atoms with Gasteiger partial charge in [-0.2, -0.15) is 0 Å². The van der Waals surface area contributed by atoms with Gasteiger partial charge >= 0.3 is 0 Å². The highest BCUT2D eigenvalue weighted by molar-refractivity contribution is 7.71. The second-order valence-corrected chi connectivity index (χ2v) is 8.03. The van der Waals surface area contributed by atoms with Crippen LogP contribution in [0.3, 0.4) is 0 Å². The number of hydrogen-bond acceptors (Lipinski definition) is 3. The van der Waals surface area contributed by atoms with Gasteiger partial charge in [0.15, 0.2) is 4.77 Å². The quantitative estimate of drug-likeness (QED) is 0.748. The van der Waals surface area contributed by atoms with Crippen molar-refractivity contribution in [2.45, 2.75) is 44.4 Å². The highest BCUT2D eigenvalue weighted by atomic mass is 32.1. The lowest BCUT2D eigenvalue weighted by molar-refractivity contribution is 0.262. The SMILES string of the molecule is O=c1[nH]c(=S)[nH]c(C2CCC(C3C=CC=CC3)CC2)c1Cc1ccccn1. The van der Waals surface area contributed by atoms with Gasteiger partial charge < -0.3 is 4.98 Å². The van der Waals surface area contributed by atoms with Crippen LogP contribution in [0.1, 0.15) is 55.0 Å². The molecular weight excluding hydrogens is 354 g/mol. The molecule has 2 aliphatic rings. The monoisotopic (exact) mass is 379 g/mol. The van der Waals surface area contributed by atoms with Crippen LogP contribution in [0.4, 0.5) is 0 Å². The standard InChI is InChI=1S/C22H25N3OS/c26-21-19(14-18-8-4-5-13-23-18)20(24-22(27)25-21)17-11-9-16(10-12-17)15-6-2-1-3-7-15/h1-6,8,13,15-17H,7,9-12,14H2,(H2,24,25,26,27). The van der Waals surface area contributed by atoms with E-state index in [2.05, 4.69) is 39.3 Å². The first-order chi connectivity index (χ1) is 13.2. The Labute approximate surface area is 164 Å². The number of nitrogens with one attached hydrogen (secondary N) is 2. The van der Waals surface area contributed by atoms with Crippen molar-refractivity contribution in [3.63, 3.8) is 0 Å². The van der Waals surface area contributed by atoms with Crippen LogP contribution in [-0.2, 0) is 6.42 Å². The largest absolute Gasteiger partial charge is 0.335 e. The number of hydrogen-bond donors (Lipinski definition) is 2. The van der Waals surface area contributed by atoms with Gasteiger partial charge in [-0.1, -0.05) is 30.4 Å². The normalized spacial score (nSPS) is 24.8. The van der Waals surface area contributed by atoms with Crippen LogP contribution in [0.5, 0.6) is 0 Å². The molecule has 1 saturated carbocycles. The highest BCUT2D eigenvalue weighted by Gasteiger charge is 2.29. The smallest absolute Gasteiger partial charge is 0.255 e. The minimum absolute atomic E-state index is 0.0816. The molecule has 0 bridgehead atoms. The molecule has 0 aliphatic heterocycles. The van der Waals surface area contributed by atoms with Gasteiger partial charge in [-0.3, -0.25) is 14.8 Å². The van der Waals surface area contributed by atoms with Crippen LogP contribution >= 0.6 is 12.2 Å². The van der Waals surface area contributed by atoms with Crippen molar-refractivity contribution in [1.82, 2.24) is 15.0 Å². The lowest BCUT2D eigenvalue weighted by Crippen LogP contribution is -2.25. The third-order valence-corrected chi connectivity index (χ3v) is 6.16. The van der Waals surface area contributed by atoms with Crippen molar-refractivity contribution in [3.8, 4) is 0 Å². The summed E-state index contributed by atoms with van der Waals surface area (Å²) in [6.07, 6.45) is 17.0. The number of aromatic nitrogens is 3. The van der Waals surface area contributed by atoms with Gasteiger partial charge in [0.1, 0.15) is 0 Å². The summed E-state index contributed by atoms with van der Waals surface area (Å²) in [5, 5.41) is 0. The molecule has 2 aliphatic carbocycles. The average molecular weight is 380 g/mol. The van der Waals surface area contributed by atoms with Gasteiger partial charge in [0.2, 0.25) is 0 Å². The second kappa shape index (κ2) is 8.17. The molecule has 0 aromatic carbocycles. The van der Waals surface area contributed by atoms with E-state index in [1.807, 2.05) is 18.2 Å². The van der Waals surface area contributed by atoms with E-state index >= 15 is 0 Å². The van der Waals surface area contributed by atoms with Crippen LogP contribution in [0.25, 0.3) is 0 Å². The first-order valence-corrected chi connectivity index (χ1v) is 10.2. The molecule has 1 unspecified atom stereocenters. The Morgan fingerprint density at radius 1 is 1.11 bits per heavy atom. The van der Waals surface area contributed by atoms with E-state index < -0.39 is 0 Å². The third kappa shape index (κ3) is 4.19. The van der Waals surface area contributed by atoms with Crippen molar-refractivity contribution in [1.29, 1.82) is 0 Å². The molecule has 2 aromatic heterocycles. The molecule has 4 rings (SSSR count). The predicted molar refractivity (Wildman–Crippen MR) is 110 cm³/mol. The zero-order valence-corrected chi connectivity index (χ0v) is 16.2. The summed E-state index contributed by atoms with van der Waals surface area (Å²) in [6, 6.07) is 5.81. The number of aromatic amines is 2. The maximum absolute atomic E-state index is 12.6. The van der Waals surface area contributed by atoms with Crippen LogP contribution in [0.2, 0.25) is 0 Å². The molecule has 0 radical (unpaired) electrons. The summed E-state index contributed by atoms with van der Waals surface area (Å²) >= 11 is 5.26. The maximum Gasteiger partial charge on any atom is 0.255 e. The van der Waals surface area contributed by atoms with Crippen molar-refractivity contribution in [2.24, 2.45) is 11.8 Å². The van der Waals surface area contributed by atoms with Crippen molar-refractivity contribution < 1.29 is 0 Å². The van der Waals surface area contributed by atoms with E-state index in [0.29, 0.717) is 23.0 Å². The van der Waals surface area contributed by atoms with E-state index in [-0.39, 0.29) is 5.56 Å². The lowest BCUT2D eigenvalue weighted by atomic mass is 9.72. The number of H-pyrrole nitrogens is 2. The van der Waals surface area contributed by atoms with E-state index in [0.717, 1.165) is 42.1 Å². The third-order valence-electron chi connectivity index (χ3n) is 5.96. The summed E-state index contributed by atoms with van der Waals surface area (Å²) in [5.41, 5.74) is 2.63. The molecule has 140 valence electrons. The van der Waals surface area contributed by atoms with Crippen molar-refractivity contribution in [3.05, 3.63) is 80.8 Å². The van der Waals surface area contributed by atoms with Gasteiger partial charge in [-0.15, -0.1) is 0 Å². The molecule has 2 heterocycles. The van der Waals surface area contributed by atoms with E-state index in [4.69, 9.17) is 12.2 Å². The minimum atomic E-state index is -0.0816. The number of allylic oxidation sites excluding steroid dienone is 4. The topological polar surface area (TPSA) is 61.5 Å². The fourth-order valence-corrected chi connectivity index (χ4v) is 4.73. The molecule has 0 amide bonds. The zero-order chi connectivity index (χ0) is 18.6. The molecule has 0 spiro atoms. The fourth-order valence-electron chi connectivity index (χ4n) is 4.52. The minimum Gasteiger partial charge on any atom is -0.335 e. The molecule has 2 N–H and O–H groups in total. The van der Waals surface area contributed by atoms with Gasteiger partial charge in [0.05, 0.1) is 0 Å². The van der Waals surface area contributed by atoms with Crippen LogP contribution in [0.15, 0.2) is 53.5 Å². The van der Waals surface area contributed by atoms with E-state index in [9.17, 15) is 4.79 Å². The van der Waals surface area contributed by atoms with Crippen molar-refractivity contribution in [2.75, 3.05) is 0 Å². The summed E-state index contributed by atoms with van der Waals surface area (Å²) < 4.78 is 0.419. The summed E-state index contributed by atoms with van der Waals surface area (Å²) in [4.78, 5) is 23.1. The number of pyridine rings is 1. The Hall–Kier alpha value is -2.27. The molecule has 4 nitrogen and oxygen atoms in total. The molecule has 0 saturated heterocycles. The van der Waals surface area contributed by atoms with E-state index in [1.54, 1.807) is 6.20 Å². The first-order valence-electron chi connectivity index (χ1n) is 9.79. The molecule has 5 heteroatoms. The van der Waals surface area contributed by atoms with Gasteiger partial charge in [-0.25, -0.2) is 0 Å². The summed E-state index contributed by atoms with van der Waals surface area (Å²) in [5.74, 6) is 1.78. The Bertz CT molecular complexity index is 950. The summed E-state index contributed by atoms with van der Waals surface area (Å²) in [7, 11) is 0. The molecule has 27 heavy (non-hydrogen) atoms. The van der Waals surface area contributed by atoms with Gasteiger partial charge in [0, 0.05) is 29.6 Å². The van der Waals surface area contributed by atoms with Crippen LogP contribution < -0.4 is 5.56 Å². The summed E-state index contributed by atoms with van der Waals surface area (Å²) in [6.45, 7) is 0. The molecule has 1 atom stereocenters. The van der Waals surface area contributed by atoms with Gasteiger partial charge in [-0.05, 0) is 74.2 Å². The molecule has 1 fully saturated rings. The number of nitrogens with zero attached hydrogens (tertiary/aromatic N) is 1. The van der Waals surface area contributed by atoms with Crippen LogP contribution in [-0.4, -0.2) is 15.0 Å². The molecular formula is C22H25N3OS. The zero-order valence-electron chi connectivity index (χ0n) is 15.4. The fraction of sp³-hybridized carbons (Fsp3) is 0.409. The van der Waals surface area contributed by atoms with E-state index in [1.165, 1.54) is 12.8 Å². The molecule has 2 aromatic rings. The Morgan fingerprint density at radius 3 is 2.67 bits per heavy atom. The predicted octanol–water partition coefficient (Wildman–Crippen LogP) is 4.82. The highest BCUT2D eigenvalue weighted by Crippen LogP contribution is 2.40. The second-order valence-electron chi connectivity index (χ2n) is 7.62. The first kappa shape index (κ1) is 18.1. The number of rotatable bonds is 4. The Balaban J connectivity index is 1.55.